The highest BCUT2D eigenvalue weighted by Crippen LogP contribution is 2.26. The second kappa shape index (κ2) is 8.15. The molecule has 3 nitrogen and oxygen atoms in total. The number of amides is 1. The van der Waals surface area contributed by atoms with Crippen molar-refractivity contribution >= 4 is 21.8 Å². The quantitative estimate of drug-likeness (QED) is 0.792. The predicted octanol–water partition coefficient (Wildman–Crippen LogP) is 3.58. The first-order chi connectivity index (χ1) is 12.1. The van der Waals surface area contributed by atoms with Crippen molar-refractivity contribution in [3.05, 3.63) is 69.2 Å². The highest BCUT2D eigenvalue weighted by atomic mass is 79.9. The minimum atomic E-state index is 0.155. The number of likely N-dealkylation sites (N-methyl/N-ethyl adjacent to an activating group) is 1. The van der Waals surface area contributed by atoms with Crippen molar-refractivity contribution in [2.45, 2.75) is 25.8 Å². The van der Waals surface area contributed by atoms with Gasteiger partial charge < -0.3 is 10.2 Å². The van der Waals surface area contributed by atoms with E-state index < -0.39 is 0 Å². The Kier molecular flexibility index (Phi) is 5.92. The maximum Gasteiger partial charge on any atom is 0.223 e. The average Bonchev–Trinajstić information content (AvgIpc) is 3.06. The molecule has 1 amide bonds. The lowest BCUT2D eigenvalue weighted by atomic mass is 10.0. The van der Waals surface area contributed by atoms with E-state index in [2.05, 4.69) is 63.5 Å². The van der Waals surface area contributed by atoms with E-state index in [4.69, 9.17) is 0 Å². The molecule has 0 radical (unpaired) electrons. The van der Waals surface area contributed by atoms with Crippen LogP contribution in [0.1, 0.15) is 22.3 Å². The van der Waals surface area contributed by atoms with Gasteiger partial charge in [-0.15, -0.1) is 0 Å². The minimum absolute atomic E-state index is 0.155. The number of fused-ring (bicyclic) bond motifs is 2. The van der Waals surface area contributed by atoms with Crippen molar-refractivity contribution in [2.75, 3.05) is 20.6 Å². The summed E-state index contributed by atoms with van der Waals surface area (Å²) in [4.78, 5) is 13.7. The Morgan fingerprint density at radius 1 is 1.08 bits per heavy atom. The van der Waals surface area contributed by atoms with Crippen LogP contribution < -0.4 is 5.32 Å². The van der Waals surface area contributed by atoms with Crippen LogP contribution >= 0.6 is 15.9 Å². The van der Waals surface area contributed by atoms with E-state index in [1.54, 1.807) is 7.05 Å². The zero-order chi connectivity index (χ0) is 17.8. The van der Waals surface area contributed by atoms with Crippen LogP contribution in [0.3, 0.4) is 0 Å². The predicted molar refractivity (Wildman–Crippen MR) is 106 cm³/mol. The molecule has 1 aliphatic carbocycles. The first-order valence-electron chi connectivity index (χ1n) is 8.81. The number of hydrogen-bond donors (Lipinski definition) is 1. The monoisotopic (exact) mass is 400 g/mol. The second-order valence-electron chi connectivity index (χ2n) is 6.85. The number of halogens is 1. The molecular formula is C21H25BrN2O. The minimum Gasteiger partial charge on any atom is -0.359 e. The summed E-state index contributed by atoms with van der Waals surface area (Å²) in [5.41, 5.74) is 5.63. The van der Waals surface area contributed by atoms with Gasteiger partial charge in [0.05, 0.1) is 0 Å². The fourth-order valence-corrected chi connectivity index (χ4v) is 4.26. The molecule has 1 N–H and O–H groups in total. The average molecular weight is 401 g/mol. The first-order valence-corrected chi connectivity index (χ1v) is 9.61. The molecule has 2 aliphatic rings. The number of carbonyl (C=O) groups excluding carboxylic acids is 1. The molecule has 2 aromatic rings. The van der Waals surface area contributed by atoms with Crippen molar-refractivity contribution in [2.24, 2.45) is 5.92 Å². The van der Waals surface area contributed by atoms with Crippen LogP contribution in [0.4, 0.5) is 0 Å². The van der Waals surface area contributed by atoms with Gasteiger partial charge in [-0.25, -0.2) is 0 Å². The standard InChI is InChI=1S/C11H13NO.C10H12BrN/c1-12-11(13)10-6-8-4-2-3-5-9(8)7-10;1-12-6-5-9-8(7-12)3-2-4-10(9)11/h2-5,10H,6-7H2,1H3,(H,12,13);2-4H,5-7H2,1H3. The highest BCUT2D eigenvalue weighted by Gasteiger charge is 2.25. The molecule has 0 unspecified atom stereocenters. The molecule has 1 heterocycles. The summed E-state index contributed by atoms with van der Waals surface area (Å²) >= 11 is 3.58. The number of nitrogens with zero attached hydrogens (tertiary/aromatic N) is 1. The van der Waals surface area contributed by atoms with E-state index in [9.17, 15) is 4.79 Å². The summed E-state index contributed by atoms with van der Waals surface area (Å²) in [6.45, 7) is 2.27. The Morgan fingerprint density at radius 3 is 2.36 bits per heavy atom. The number of hydrogen-bond acceptors (Lipinski definition) is 2. The number of benzene rings is 2. The third-order valence-electron chi connectivity index (χ3n) is 5.07. The third kappa shape index (κ3) is 4.31. The Balaban J connectivity index is 0.000000146. The van der Waals surface area contributed by atoms with Gasteiger partial charge in [-0.3, -0.25) is 4.79 Å². The van der Waals surface area contributed by atoms with Crippen LogP contribution in [0.15, 0.2) is 46.9 Å². The van der Waals surface area contributed by atoms with Crippen LogP contribution in [0.5, 0.6) is 0 Å². The summed E-state index contributed by atoms with van der Waals surface area (Å²) in [7, 11) is 3.87. The molecule has 4 rings (SSSR count). The lowest BCUT2D eigenvalue weighted by molar-refractivity contribution is -0.124. The molecule has 1 aliphatic heterocycles. The Labute approximate surface area is 158 Å². The summed E-state index contributed by atoms with van der Waals surface area (Å²) in [6.07, 6.45) is 2.97. The Bertz CT molecular complexity index is 734. The van der Waals surface area contributed by atoms with Gasteiger partial charge in [0.25, 0.3) is 0 Å². The van der Waals surface area contributed by atoms with Crippen molar-refractivity contribution in [3.63, 3.8) is 0 Å². The van der Waals surface area contributed by atoms with E-state index in [1.165, 1.54) is 39.7 Å². The van der Waals surface area contributed by atoms with Crippen LogP contribution in [-0.2, 0) is 30.6 Å². The van der Waals surface area contributed by atoms with Gasteiger partial charge in [0.2, 0.25) is 5.91 Å². The lowest BCUT2D eigenvalue weighted by Gasteiger charge is -2.25. The van der Waals surface area contributed by atoms with Gasteiger partial charge in [0.1, 0.15) is 0 Å². The van der Waals surface area contributed by atoms with Gasteiger partial charge in [-0.1, -0.05) is 52.3 Å². The van der Waals surface area contributed by atoms with Crippen molar-refractivity contribution in [3.8, 4) is 0 Å². The van der Waals surface area contributed by atoms with Crippen molar-refractivity contribution in [1.82, 2.24) is 10.2 Å². The van der Waals surface area contributed by atoms with Gasteiger partial charge >= 0.3 is 0 Å². The van der Waals surface area contributed by atoms with Gasteiger partial charge in [-0.05, 0) is 54.6 Å². The fraction of sp³-hybridized carbons (Fsp3) is 0.381. The molecule has 25 heavy (non-hydrogen) atoms. The molecule has 0 aromatic heterocycles. The third-order valence-corrected chi connectivity index (χ3v) is 5.81. The summed E-state index contributed by atoms with van der Waals surface area (Å²) in [5, 5.41) is 2.70. The molecule has 0 spiro atoms. The van der Waals surface area contributed by atoms with Gasteiger partial charge in [0, 0.05) is 30.5 Å². The van der Waals surface area contributed by atoms with Crippen molar-refractivity contribution in [1.29, 1.82) is 0 Å². The van der Waals surface area contributed by atoms with E-state index in [0.717, 1.165) is 19.4 Å². The number of nitrogens with one attached hydrogen (secondary N) is 1. The molecule has 4 heteroatoms. The molecular weight excluding hydrogens is 376 g/mol. The van der Waals surface area contributed by atoms with Crippen LogP contribution in [0.2, 0.25) is 0 Å². The first kappa shape index (κ1) is 18.2. The smallest absolute Gasteiger partial charge is 0.223 e. The van der Waals surface area contributed by atoms with E-state index in [0.29, 0.717) is 0 Å². The van der Waals surface area contributed by atoms with Crippen molar-refractivity contribution < 1.29 is 4.79 Å². The molecule has 0 fully saturated rings. The van der Waals surface area contributed by atoms with Gasteiger partial charge in [0.15, 0.2) is 0 Å². The lowest BCUT2D eigenvalue weighted by Crippen LogP contribution is -2.27. The van der Waals surface area contributed by atoms with Crippen LogP contribution in [0.25, 0.3) is 0 Å². The molecule has 2 aromatic carbocycles. The molecule has 132 valence electrons. The summed E-state index contributed by atoms with van der Waals surface area (Å²) in [5.74, 6) is 0.318. The largest absolute Gasteiger partial charge is 0.359 e. The Morgan fingerprint density at radius 2 is 1.72 bits per heavy atom. The number of rotatable bonds is 1. The Hall–Kier alpha value is -1.65. The van der Waals surface area contributed by atoms with E-state index >= 15 is 0 Å². The summed E-state index contributed by atoms with van der Waals surface area (Å²) < 4.78 is 1.27. The van der Waals surface area contributed by atoms with E-state index in [1.807, 2.05) is 12.1 Å². The zero-order valence-electron chi connectivity index (χ0n) is 14.9. The molecule has 0 bridgehead atoms. The van der Waals surface area contributed by atoms with Crippen LogP contribution in [-0.4, -0.2) is 31.4 Å². The van der Waals surface area contributed by atoms with E-state index in [-0.39, 0.29) is 11.8 Å². The second-order valence-corrected chi connectivity index (χ2v) is 7.71. The fourth-order valence-electron chi connectivity index (χ4n) is 3.65. The van der Waals surface area contributed by atoms with Gasteiger partial charge in [-0.2, -0.15) is 0 Å². The molecule has 0 saturated heterocycles. The topological polar surface area (TPSA) is 32.3 Å². The highest BCUT2D eigenvalue weighted by molar-refractivity contribution is 9.10. The maximum atomic E-state index is 11.4. The number of carbonyl (C=O) groups is 1. The molecule has 0 atom stereocenters. The summed E-state index contributed by atoms with van der Waals surface area (Å²) in [6, 6.07) is 14.7. The normalized spacial score (nSPS) is 16.4. The SMILES string of the molecule is CN1CCc2c(Br)cccc2C1.CNC(=O)C1Cc2ccccc2C1. The zero-order valence-corrected chi connectivity index (χ0v) is 16.5. The molecule has 0 saturated carbocycles. The maximum absolute atomic E-state index is 11.4. The van der Waals surface area contributed by atoms with Crippen LogP contribution in [0, 0.1) is 5.92 Å².